The number of ether oxygens (including phenoxy) is 1. The summed E-state index contributed by atoms with van der Waals surface area (Å²) < 4.78 is 5.34. The van der Waals surface area contributed by atoms with E-state index in [0.717, 1.165) is 38.6 Å². The number of methoxy groups -OCH3 is 1. The van der Waals surface area contributed by atoms with Crippen LogP contribution in [0.5, 0.6) is 5.75 Å². The Kier molecular flexibility index (Phi) is 4.26. The molecular weight excluding hydrogens is 346 g/mol. The number of aryl methyl sites for hydroxylation is 1. The number of pyridine rings is 1. The largest absolute Gasteiger partial charge is 0.497 e. The molecule has 3 heterocycles. The number of thiophene rings is 1. The molecule has 5 nitrogen and oxygen atoms in total. The predicted octanol–water partition coefficient (Wildman–Crippen LogP) is 4.28. The van der Waals surface area contributed by atoms with Crippen LogP contribution in [-0.2, 0) is 6.42 Å². The Morgan fingerprint density at radius 2 is 1.96 bits per heavy atom. The zero-order chi connectivity index (χ0) is 18.1. The molecule has 0 bridgehead atoms. The SMILES string of the molecule is CCc1sc2nc(-c3ccncc3)[nH]c(=O)c2c1-c1cccc(OC)c1. The molecule has 0 aliphatic carbocycles. The van der Waals surface area contributed by atoms with Crippen molar-refractivity contribution in [1.29, 1.82) is 0 Å². The van der Waals surface area contributed by atoms with Gasteiger partial charge in [0, 0.05) is 28.4 Å². The summed E-state index contributed by atoms with van der Waals surface area (Å²) in [5, 5.41) is 0.637. The molecular formula is C20H17N3O2S. The van der Waals surface area contributed by atoms with Gasteiger partial charge >= 0.3 is 0 Å². The highest BCUT2D eigenvalue weighted by molar-refractivity contribution is 7.19. The van der Waals surface area contributed by atoms with Crippen molar-refractivity contribution in [2.75, 3.05) is 7.11 Å². The molecule has 0 unspecified atom stereocenters. The number of fused-ring (bicyclic) bond motifs is 1. The molecule has 26 heavy (non-hydrogen) atoms. The summed E-state index contributed by atoms with van der Waals surface area (Å²) in [6.07, 6.45) is 4.21. The van der Waals surface area contributed by atoms with Crippen molar-refractivity contribution in [2.24, 2.45) is 0 Å². The fourth-order valence-corrected chi connectivity index (χ4v) is 4.17. The molecule has 3 aromatic heterocycles. The number of aromatic amines is 1. The van der Waals surface area contributed by atoms with Gasteiger partial charge in [-0.1, -0.05) is 19.1 Å². The molecule has 0 saturated heterocycles. The third-order valence-corrected chi connectivity index (χ3v) is 5.50. The van der Waals surface area contributed by atoms with E-state index in [2.05, 4.69) is 16.9 Å². The second-order valence-corrected chi connectivity index (χ2v) is 6.90. The highest BCUT2D eigenvalue weighted by atomic mass is 32.1. The van der Waals surface area contributed by atoms with Gasteiger partial charge in [0.05, 0.1) is 12.5 Å². The summed E-state index contributed by atoms with van der Waals surface area (Å²) in [5.41, 5.74) is 2.63. The Hall–Kier alpha value is -2.99. The van der Waals surface area contributed by atoms with Crippen LogP contribution in [0.3, 0.4) is 0 Å². The van der Waals surface area contributed by atoms with E-state index in [1.54, 1.807) is 30.8 Å². The van der Waals surface area contributed by atoms with E-state index in [4.69, 9.17) is 9.72 Å². The van der Waals surface area contributed by atoms with Crippen LogP contribution in [0.25, 0.3) is 32.7 Å². The minimum absolute atomic E-state index is 0.129. The predicted molar refractivity (Wildman–Crippen MR) is 105 cm³/mol. The lowest BCUT2D eigenvalue weighted by Crippen LogP contribution is -2.09. The van der Waals surface area contributed by atoms with Gasteiger partial charge in [-0.15, -0.1) is 11.3 Å². The minimum atomic E-state index is -0.129. The monoisotopic (exact) mass is 363 g/mol. The van der Waals surface area contributed by atoms with E-state index in [-0.39, 0.29) is 5.56 Å². The van der Waals surface area contributed by atoms with Crippen molar-refractivity contribution in [3.05, 3.63) is 64.0 Å². The van der Waals surface area contributed by atoms with Crippen molar-refractivity contribution in [2.45, 2.75) is 13.3 Å². The summed E-state index contributed by atoms with van der Waals surface area (Å²) in [7, 11) is 1.64. The molecule has 0 amide bonds. The second kappa shape index (κ2) is 6.72. The van der Waals surface area contributed by atoms with Gasteiger partial charge in [0.1, 0.15) is 16.4 Å². The van der Waals surface area contributed by atoms with Crippen molar-refractivity contribution in [1.82, 2.24) is 15.0 Å². The molecule has 0 atom stereocenters. The zero-order valence-electron chi connectivity index (χ0n) is 14.4. The van der Waals surface area contributed by atoms with Crippen LogP contribution in [0.15, 0.2) is 53.6 Å². The Labute approximate surface area is 154 Å². The van der Waals surface area contributed by atoms with Gasteiger partial charge in [0.25, 0.3) is 5.56 Å². The standard InChI is InChI=1S/C20H17N3O2S/c1-3-15-16(13-5-4-6-14(11-13)25-2)17-19(24)22-18(23-20(17)26-15)12-7-9-21-10-8-12/h4-11H,3H2,1-2H3,(H,22,23,24). The summed E-state index contributed by atoms with van der Waals surface area (Å²) >= 11 is 1.57. The van der Waals surface area contributed by atoms with Crippen LogP contribution in [0, 0.1) is 0 Å². The average Bonchev–Trinajstić information content (AvgIpc) is 3.08. The Morgan fingerprint density at radius 1 is 1.15 bits per heavy atom. The first-order chi connectivity index (χ1) is 12.7. The third kappa shape index (κ3) is 2.78. The summed E-state index contributed by atoms with van der Waals surface area (Å²) in [6.45, 7) is 2.09. The zero-order valence-corrected chi connectivity index (χ0v) is 15.3. The molecule has 0 aliphatic heterocycles. The first-order valence-corrected chi connectivity index (χ1v) is 9.13. The third-order valence-electron chi connectivity index (χ3n) is 4.27. The van der Waals surface area contributed by atoms with E-state index in [1.165, 1.54) is 0 Å². The number of aromatic nitrogens is 3. The van der Waals surface area contributed by atoms with Gasteiger partial charge in [-0.25, -0.2) is 4.98 Å². The van der Waals surface area contributed by atoms with Crippen LogP contribution in [-0.4, -0.2) is 22.1 Å². The first-order valence-electron chi connectivity index (χ1n) is 8.31. The molecule has 0 aliphatic rings. The molecule has 0 radical (unpaired) electrons. The maximum atomic E-state index is 12.9. The van der Waals surface area contributed by atoms with Crippen molar-refractivity contribution in [3.8, 4) is 28.3 Å². The van der Waals surface area contributed by atoms with Crippen LogP contribution in [0.4, 0.5) is 0 Å². The molecule has 0 spiro atoms. The summed E-state index contributed by atoms with van der Waals surface area (Å²) in [6, 6.07) is 11.5. The smallest absolute Gasteiger partial charge is 0.260 e. The Morgan fingerprint density at radius 3 is 2.69 bits per heavy atom. The lowest BCUT2D eigenvalue weighted by molar-refractivity contribution is 0.415. The van der Waals surface area contributed by atoms with E-state index < -0.39 is 0 Å². The van der Waals surface area contributed by atoms with E-state index in [9.17, 15) is 4.79 Å². The van der Waals surface area contributed by atoms with Crippen LogP contribution < -0.4 is 10.3 Å². The topological polar surface area (TPSA) is 67.9 Å². The molecule has 4 aromatic rings. The summed E-state index contributed by atoms with van der Waals surface area (Å²) in [4.78, 5) is 26.4. The fraction of sp³-hybridized carbons (Fsp3) is 0.150. The van der Waals surface area contributed by atoms with Gasteiger partial charge in [-0.05, 0) is 36.2 Å². The number of H-pyrrole nitrogens is 1. The van der Waals surface area contributed by atoms with Crippen LogP contribution in [0.2, 0.25) is 0 Å². The molecule has 1 N–H and O–H groups in total. The number of nitrogens with zero attached hydrogens (tertiary/aromatic N) is 2. The fourth-order valence-electron chi connectivity index (χ4n) is 3.03. The van der Waals surface area contributed by atoms with Crippen LogP contribution in [0.1, 0.15) is 11.8 Å². The number of rotatable bonds is 4. The minimum Gasteiger partial charge on any atom is -0.497 e. The lowest BCUT2D eigenvalue weighted by Gasteiger charge is -2.06. The molecule has 4 rings (SSSR count). The Balaban J connectivity index is 1.98. The Bertz CT molecular complexity index is 1130. The van der Waals surface area contributed by atoms with E-state index in [0.29, 0.717) is 11.2 Å². The van der Waals surface area contributed by atoms with E-state index in [1.807, 2.05) is 36.4 Å². The maximum absolute atomic E-state index is 12.9. The van der Waals surface area contributed by atoms with Gasteiger partial charge in [-0.3, -0.25) is 9.78 Å². The number of benzene rings is 1. The van der Waals surface area contributed by atoms with Gasteiger partial charge < -0.3 is 9.72 Å². The first kappa shape index (κ1) is 16.5. The van der Waals surface area contributed by atoms with Gasteiger partial charge in [-0.2, -0.15) is 0 Å². The molecule has 130 valence electrons. The normalized spacial score (nSPS) is 11.0. The van der Waals surface area contributed by atoms with Crippen molar-refractivity contribution < 1.29 is 4.74 Å². The lowest BCUT2D eigenvalue weighted by atomic mass is 10.0. The number of nitrogens with one attached hydrogen (secondary N) is 1. The quantitative estimate of drug-likeness (QED) is 0.587. The van der Waals surface area contributed by atoms with Crippen molar-refractivity contribution >= 4 is 21.6 Å². The molecule has 1 aromatic carbocycles. The molecule has 0 saturated carbocycles. The highest BCUT2D eigenvalue weighted by Crippen LogP contribution is 2.38. The van der Waals surface area contributed by atoms with E-state index >= 15 is 0 Å². The molecule has 0 fully saturated rings. The molecule has 6 heteroatoms. The van der Waals surface area contributed by atoms with Crippen LogP contribution >= 0.6 is 11.3 Å². The van der Waals surface area contributed by atoms with Crippen molar-refractivity contribution in [3.63, 3.8) is 0 Å². The summed E-state index contributed by atoms with van der Waals surface area (Å²) in [5.74, 6) is 1.33. The number of hydrogen-bond acceptors (Lipinski definition) is 5. The average molecular weight is 363 g/mol. The highest BCUT2D eigenvalue weighted by Gasteiger charge is 2.18. The maximum Gasteiger partial charge on any atom is 0.260 e. The second-order valence-electron chi connectivity index (χ2n) is 5.82. The van der Waals surface area contributed by atoms with Gasteiger partial charge in [0.2, 0.25) is 0 Å². The number of hydrogen-bond donors (Lipinski definition) is 1. The van der Waals surface area contributed by atoms with Gasteiger partial charge in [0.15, 0.2) is 0 Å².